The molecule has 0 spiro atoms. The van der Waals surface area contributed by atoms with Crippen LogP contribution in [-0.2, 0) is 4.79 Å². The highest BCUT2D eigenvalue weighted by molar-refractivity contribution is 7.71. The fraction of sp³-hybridized carbons (Fsp3) is 0.167. The van der Waals surface area contributed by atoms with Gasteiger partial charge in [-0.05, 0) is 11.4 Å². The second-order valence-electron chi connectivity index (χ2n) is 3.52. The lowest BCUT2D eigenvalue weighted by molar-refractivity contribution is -0.119. The third-order valence-corrected chi connectivity index (χ3v) is 4.06. The molecule has 2 aromatic heterocycles. The Morgan fingerprint density at radius 2 is 2.37 bits per heavy atom. The molecule has 0 saturated carbocycles. The zero-order valence-corrected chi connectivity index (χ0v) is 12.6. The first-order chi connectivity index (χ1) is 9.09. The third-order valence-electron chi connectivity index (χ3n) is 2.28. The number of aromatic nitrogens is 1. The normalized spacial score (nSPS) is 10.3. The van der Waals surface area contributed by atoms with Crippen LogP contribution in [0.15, 0.2) is 17.6 Å². The van der Waals surface area contributed by atoms with Gasteiger partial charge in [-0.2, -0.15) is 0 Å². The molecular formula is C12H8Cl2N2OS2. The number of nitrogens with one attached hydrogen (secondary N) is 2. The average Bonchev–Trinajstić information content (AvgIpc) is 2.86. The second-order valence-corrected chi connectivity index (χ2v) is 5.94. The number of H-pyrrole nitrogens is 1. The monoisotopic (exact) mass is 330 g/mol. The minimum atomic E-state index is -1.07. The van der Waals surface area contributed by atoms with E-state index in [9.17, 15) is 4.79 Å². The smallest absolute Gasteiger partial charge is 0.254 e. The highest BCUT2D eigenvalue weighted by atomic mass is 35.5. The summed E-state index contributed by atoms with van der Waals surface area (Å²) < 4.78 is 1.71. The Labute approximate surface area is 128 Å². The van der Waals surface area contributed by atoms with E-state index in [4.69, 9.17) is 35.4 Å². The summed E-state index contributed by atoms with van der Waals surface area (Å²) in [6, 6.07) is 1.97. The van der Waals surface area contributed by atoms with Crippen LogP contribution in [0.2, 0.25) is 0 Å². The number of carbonyl (C=O) groups excluding carboxylic acids is 1. The Hall–Kier alpha value is -1.06. The minimum Gasteiger partial charge on any atom is -0.350 e. The van der Waals surface area contributed by atoms with E-state index in [1.54, 1.807) is 17.5 Å². The molecule has 2 aromatic rings. The van der Waals surface area contributed by atoms with Gasteiger partial charge in [-0.25, -0.2) is 0 Å². The van der Waals surface area contributed by atoms with Gasteiger partial charge in [0.1, 0.15) is 4.64 Å². The van der Waals surface area contributed by atoms with Crippen LogP contribution in [0.5, 0.6) is 0 Å². The van der Waals surface area contributed by atoms with E-state index in [-0.39, 0.29) is 6.54 Å². The molecule has 19 heavy (non-hydrogen) atoms. The second kappa shape index (κ2) is 6.40. The first-order valence-electron chi connectivity index (χ1n) is 5.23. The van der Waals surface area contributed by atoms with Gasteiger partial charge in [-0.15, -0.1) is 11.3 Å². The number of halogens is 2. The predicted octanol–water partition coefficient (Wildman–Crippen LogP) is 3.23. The van der Waals surface area contributed by atoms with Gasteiger partial charge >= 0.3 is 0 Å². The number of rotatable bonds is 2. The van der Waals surface area contributed by atoms with Gasteiger partial charge in [-0.3, -0.25) is 4.79 Å². The molecule has 1 amide bonds. The molecule has 2 heterocycles. The van der Waals surface area contributed by atoms with Crippen molar-refractivity contribution in [2.75, 3.05) is 6.54 Å². The van der Waals surface area contributed by atoms with Crippen LogP contribution >= 0.6 is 46.8 Å². The molecule has 2 rings (SSSR count). The van der Waals surface area contributed by atoms with Crippen LogP contribution in [0.3, 0.4) is 0 Å². The maximum atomic E-state index is 11.1. The SMILES string of the molecule is O=C(NCC#Cc1c[nH]c(=S)c2sccc12)C(Cl)Cl. The van der Waals surface area contributed by atoms with E-state index in [1.165, 1.54) is 0 Å². The van der Waals surface area contributed by atoms with E-state index in [1.807, 2.05) is 11.4 Å². The zero-order chi connectivity index (χ0) is 13.8. The number of alkyl halides is 2. The lowest BCUT2D eigenvalue weighted by atomic mass is 10.2. The fourth-order valence-corrected chi connectivity index (χ4v) is 2.71. The van der Waals surface area contributed by atoms with Gasteiger partial charge < -0.3 is 10.3 Å². The maximum absolute atomic E-state index is 11.1. The molecular weight excluding hydrogens is 323 g/mol. The number of carbonyl (C=O) groups is 1. The molecule has 0 saturated heterocycles. The van der Waals surface area contributed by atoms with Crippen molar-refractivity contribution in [2.45, 2.75) is 4.84 Å². The summed E-state index contributed by atoms with van der Waals surface area (Å²) in [7, 11) is 0. The van der Waals surface area contributed by atoms with Crippen molar-refractivity contribution in [2.24, 2.45) is 0 Å². The first-order valence-corrected chi connectivity index (χ1v) is 7.39. The van der Waals surface area contributed by atoms with Crippen LogP contribution in [0.1, 0.15) is 5.56 Å². The van der Waals surface area contributed by atoms with Crippen molar-refractivity contribution in [3.05, 3.63) is 27.8 Å². The molecule has 98 valence electrons. The molecule has 0 aliphatic carbocycles. The Morgan fingerprint density at radius 3 is 3.11 bits per heavy atom. The molecule has 3 nitrogen and oxygen atoms in total. The Kier molecular flexibility index (Phi) is 4.83. The summed E-state index contributed by atoms with van der Waals surface area (Å²) in [5, 5.41) is 5.48. The van der Waals surface area contributed by atoms with Crippen LogP contribution in [0, 0.1) is 16.5 Å². The van der Waals surface area contributed by atoms with Crippen molar-refractivity contribution in [1.29, 1.82) is 0 Å². The van der Waals surface area contributed by atoms with Gasteiger partial charge in [0, 0.05) is 17.1 Å². The number of pyridine rings is 1. The molecule has 0 aromatic carbocycles. The molecule has 0 unspecified atom stereocenters. The number of hydrogen-bond acceptors (Lipinski definition) is 3. The summed E-state index contributed by atoms with van der Waals surface area (Å²) in [6.45, 7) is 0.191. The highest BCUT2D eigenvalue weighted by Crippen LogP contribution is 2.23. The molecule has 2 N–H and O–H groups in total. The standard InChI is InChI=1S/C12H8Cl2N2OS2/c13-10(14)11(17)15-4-1-2-7-6-16-12(18)9-8(7)3-5-19-9/h3,5-6,10H,4H2,(H,15,17)(H,16,18). The van der Waals surface area contributed by atoms with Crippen molar-refractivity contribution in [1.82, 2.24) is 10.3 Å². The van der Waals surface area contributed by atoms with Crippen LogP contribution in [0.4, 0.5) is 0 Å². The summed E-state index contributed by atoms with van der Waals surface area (Å²) in [5.74, 6) is 5.36. The third kappa shape index (κ3) is 3.48. The van der Waals surface area contributed by atoms with E-state index in [2.05, 4.69) is 22.1 Å². The number of thiophene rings is 1. The van der Waals surface area contributed by atoms with Gasteiger partial charge in [0.2, 0.25) is 0 Å². The molecule has 0 radical (unpaired) electrons. The number of fused-ring (bicyclic) bond motifs is 1. The van der Waals surface area contributed by atoms with Crippen LogP contribution in [-0.4, -0.2) is 22.3 Å². The molecule has 0 atom stereocenters. The Bertz CT molecular complexity index is 724. The van der Waals surface area contributed by atoms with Gasteiger partial charge in [0.05, 0.1) is 11.2 Å². The van der Waals surface area contributed by atoms with Crippen molar-refractivity contribution < 1.29 is 4.79 Å². The number of aromatic amines is 1. The van der Waals surface area contributed by atoms with E-state index in [0.29, 0.717) is 4.64 Å². The van der Waals surface area contributed by atoms with Crippen LogP contribution < -0.4 is 5.32 Å². The molecule has 0 aliphatic rings. The molecule has 7 heteroatoms. The topological polar surface area (TPSA) is 44.9 Å². The maximum Gasteiger partial charge on any atom is 0.254 e. The van der Waals surface area contributed by atoms with E-state index >= 15 is 0 Å². The molecule has 0 aliphatic heterocycles. The zero-order valence-electron chi connectivity index (χ0n) is 9.50. The predicted molar refractivity (Wildman–Crippen MR) is 82.4 cm³/mol. The van der Waals surface area contributed by atoms with Gasteiger partial charge in [0.25, 0.3) is 5.91 Å². The summed E-state index contributed by atoms with van der Waals surface area (Å²) in [6.07, 6.45) is 1.76. The molecule has 0 fully saturated rings. The largest absolute Gasteiger partial charge is 0.350 e. The Balaban J connectivity index is 2.15. The first kappa shape index (κ1) is 14.4. The summed E-state index contributed by atoms with van der Waals surface area (Å²) >= 11 is 17.5. The molecule has 0 bridgehead atoms. The minimum absolute atomic E-state index is 0.191. The summed E-state index contributed by atoms with van der Waals surface area (Å²) in [5.41, 5.74) is 0.840. The number of amides is 1. The quantitative estimate of drug-likeness (QED) is 0.504. The van der Waals surface area contributed by atoms with Crippen molar-refractivity contribution >= 4 is 62.7 Å². The highest BCUT2D eigenvalue weighted by Gasteiger charge is 2.08. The average molecular weight is 331 g/mol. The number of hydrogen-bond donors (Lipinski definition) is 2. The van der Waals surface area contributed by atoms with E-state index in [0.717, 1.165) is 15.6 Å². The van der Waals surface area contributed by atoms with Crippen molar-refractivity contribution in [3.63, 3.8) is 0 Å². The summed E-state index contributed by atoms with van der Waals surface area (Å²) in [4.78, 5) is 13.0. The van der Waals surface area contributed by atoms with Gasteiger partial charge in [-0.1, -0.05) is 47.3 Å². The van der Waals surface area contributed by atoms with E-state index < -0.39 is 10.7 Å². The fourth-order valence-electron chi connectivity index (χ4n) is 1.43. The van der Waals surface area contributed by atoms with Gasteiger partial charge in [0.15, 0.2) is 4.84 Å². The van der Waals surface area contributed by atoms with Crippen LogP contribution in [0.25, 0.3) is 10.1 Å². The Morgan fingerprint density at radius 1 is 1.58 bits per heavy atom. The lowest BCUT2D eigenvalue weighted by Crippen LogP contribution is -2.28. The lowest BCUT2D eigenvalue weighted by Gasteiger charge is -1.99. The van der Waals surface area contributed by atoms with Crippen molar-refractivity contribution in [3.8, 4) is 11.8 Å².